The lowest BCUT2D eigenvalue weighted by atomic mass is 9.33. The third-order valence-corrected chi connectivity index (χ3v) is 13.1. The van der Waals surface area contributed by atoms with Gasteiger partial charge < -0.3 is 9.80 Å². The van der Waals surface area contributed by atoms with E-state index in [-0.39, 0.29) is 6.71 Å². The molecule has 2 heterocycles. The minimum Gasteiger partial charge on any atom is -0.311 e. The SMILES string of the molecule is c1ccc(-c2cccc(-c3cc4c5c(c3)N(c3ccccc3)c3cc6c(ccc7ccccc76)cc3B5c3cc5ccc6ccccc6c5cc3N4c3ccccc3)c2)cc1. The lowest BCUT2D eigenvalue weighted by Crippen LogP contribution is -2.61. The Hall–Kier alpha value is -7.88. The molecule has 2 nitrogen and oxygen atoms in total. The number of fused-ring (bicyclic) bond motifs is 10. The van der Waals surface area contributed by atoms with Crippen molar-refractivity contribution in [3.8, 4) is 22.3 Å². The van der Waals surface area contributed by atoms with Crippen LogP contribution in [0.2, 0.25) is 0 Å². The topological polar surface area (TPSA) is 6.48 Å². The first kappa shape index (κ1) is 34.0. The molecule has 0 aromatic heterocycles. The number of hydrogen-bond acceptors (Lipinski definition) is 2. The molecule has 0 unspecified atom stereocenters. The Bertz CT molecular complexity index is 3350. The van der Waals surface area contributed by atoms with Crippen LogP contribution in [0.5, 0.6) is 0 Å². The number of hydrogen-bond donors (Lipinski definition) is 0. The first-order valence-electron chi connectivity index (χ1n) is 21.2. The number of nitrogens with zero attached hydrogens (tertiary/aromatic N) is 2. The highest BCUT2D eigenvalue weighted by molar-refractivity contribution is 7.00. The Morgan fingerprint density at radius 2 is 0.689 bits per heavy atom. The van der Waals surface area contributed by atoms with Gasteiger partial charge in [0.1, 0.15) is 0 Å². The predicted molar refractivity (Wildman–Crippen MR) is 261 cm³/mol. The summed E-state index contributed by atoms with van der Waals surface area (Å²) in [6.07, 6.45) is 0. The van der Waals surface area contributed by atoms with Gasteiger partial charge in [0.15, 0.2) is 0 Å². The molecule has 13 rings (SSSR count). The highest BCUT2D eigenvalue weighted by Gasteiger charge is 2.44. The van der Waals surface area contributed by atoms with Crippen molar-refractivity contribution >= 4 is 100 Å². The number of anilines is 6. The number of benzene rings is 11. The first-order chi connectivity index (χ1) is 30.2. The van der Waals surface area contributed by atoms with E-state index in [1.165, 1.54) is 104 Å². The van der Waals surface area contributed by atoms with Crippen molar-refractivity contribution in [2.75, 3.05) is 9.80 Å². The second kappa shape index (κ2) is 13.3. The molecule has 2 aliphatic heterocycles. The van der Waals surface area contributed by atoms with E-state index in [4.69, 9.17) is 0 Å². The van der Waals surface area contributed by atoms with Gasteiger partial charge >= 0.3 is 0 Å². The fourth-order valence-electron chi connectivity index (χ4n) is 10.4. The summed E-state index contributed by atoms with van der Waals surface area (Å²) in [5.74, 6) is 0. The van der Waals surface area contributed by atoms with Crippen LogP contribution in [0.15, 0.2) is 224 Å². The third kappa shape index (κ3) is 5.24. The zero-order valence-electron chi connectivity index (χ0n) is 33.3. The molecule has 0 radical (unpaired) electrons. The highest BCUT2D eigenvalue weighted by Crippen LogP contribution is 2.48. The summed E-state index contributed by atoms with van der Waals surface area (Å²) in [6, 6.07) is 83.4. The zero-order valence-corrected chi connectivity index (χ0v) is 33.3. The van der Waals surface area contributed by atoms with Gasteiger partial charge in [0.05, 0.1) is 0 Å². The Balaban J connectivity index is 1.18. The minimum absolute atomic E-state index is 0.0219. The van der Waals surface area contributed by atoms with Gasteiger partial charge in [-0.15, -0.1) is 0 Å². The molecule has 11 aromatic rings. The zero-order chi connectivity index (χ0) is 40.0. The highest BCUT2D eigenvalue weighted by atomic mass is 15.2. The van der Waals surface area contributed by atoms with Crippen LogP contribution in [0.1, 0.15) is 0 Å². The lowest BCUT2D eigenvalue weighted by molar-refractivity contribution is 1.26. The average molecular weight is 773 g/mol. The van der Waals surface area contributed by atoms with Gasteiger partial charge in [-0.1, -0.05) is 170 Å². The van der Waals surface area contributed by atoms with Crippen molar-refractivity contribution in [3.05, 3.63) is 224 Å². The number of para-hydroxylation sites is 2. The largest absolute Gasteiger partial charge is 0.311 e. The molecule has 282 valence electrons. The monoisotopic (exact) mass is 772 g/mol. The summed E-state index contributed by atoms with van der Waals surface area (Å²) < 4.78 is 0. The van der Waals surface area contributed by atoms with Crippen LogP contribution in [-0.2, 0) is 0 Å². The Morgan fingerprint density at radius 1 is 0.262 bits per heavy atom. The lowest BCUT2D eigenvalue weighted by Gasteiger charge is -2.44. The summed E-state index contributed by atoms with van der Waals surface area (Å²) in [7, 11) is 0. The van der Waals surface area contributed by atoms with Gasteiger partial charge in [-0.3, -0.25) is 0 Å². The fraction of sp³-hybridized carbons (Fsp3) is 0. The molecule has 0 N–H and O–H groups in total. The summed E-state index contributed by atoms with van der Waals surface area (Å²) in [5.41, 5.74) is 15.8. The first-order valence-corrected chi connectivity index (χ1v) is 21.2. The van der Waals surface area contributed by atoms with Gasteiger partial charge in [-0.05, 0) is 136 Å². The van der Waals surface area contributed by atoms with Gasteiger partial charge in [0.2, 0.25) is 0 Å². The van der Waals surface area contributed by atoms with Crippen molar-refractivity contribution in [1.82, 2.24) is 0 Å². The molecule has 0 spiro atoms. The smallest absolute Gasteiger partial charge is 0.252 e. The van der Waals surface area contributed by atoms with E-state index in [2.05, 4.69) is 234 Å². The standard InChI is InChI=1S/C58H37BN2/c1-4-15-38(16-5-1)41-19-14-20-42(31-41)45-34-56-58-57(35-45)61(47-23-8-3-9-24-47)55-37-51-44(30-28-40-18-11-13-26-49(40)51)33-53(55)59(58)52-32-43-29-27-39-17-10-12-25-48(39)50(43)36-54(52)60(56)46-21-6-2-7-22-46/h1-37H. The maximum atomic E-state index is 2.54. The predicted octanol–water partition coefficient (Wildman–Crippen LogP) is 13.7. The van der Waals surface area contributed by atoms with Crippen LogP contribution in [0.4, 0.5) is 34.1 Å². The van der Waals surface area contributed by atoms with Gasteiger partial charge in [0.25, 0.3) is 6.71 Å². The normalized spacial score (nSPS) is 12.8. The molecule has 2 aliphatic rings. The molecule has 0 atom stereocenters. The van der Waals surface area contributed by atoms with E-state index < -0.39 is 0 Å². The summed E-state index contributed by atoms with van der Waals surface area (Å²) in [4.78, 5) is 5.08. The second-order valence-electron chi connectivity index (χ2n) is 16.5. The van der Waals surface area contributed by atoms with Crippen LogP contribution in [-0.4, -0.2) is 6.71 Å². The fourth-order valence-corrected chi connectivity index (χ4v) is 10.4. The van der Waals surface area contributed by atoms with E-state index in [9.17, 15) is 0 Å². The maximum Gasteiger partial charge on any atom is 0.252 e. The van der Waals surface area contributed by atoms with Crippen LogP contribution in [0.3, 0.4) is 0 Å². The van der Waals surface area contributed by atoms with Gasteiger partial charge in [-0.25, -0.2) is 0 Å². The Kier molecular flexibility index (Phi) is 7.43. The number of rotatable bonds is 4. The van der Waals surface area contributed by atoms with Crippen LogP contribution in [0, 0.1) is 0 Å². The van der Waals surface area contributed by atoms with Gasteiger partial charge in [0, 0.05) is 34.1 Å². The van der Waals surface area contributed by atoms with E-state index >= 15 is 0 Å². The summed E-state index contributed by atoms with van der Waals surface area (Å²) in [6.45, 7) is -0.0219. The Labute approximate surface area is 355 Å². The minimum atomic E-state index is -0.0219. The van der Waals surface area contributed by atoms with Crippen molar-refractivity contribution in [2.24, 2.45) is 0 Å². The molecule has 0 aliphatic carbocycles. The van der Waals surface area contributed by atoms with Crippen molar-refractivity contribution < 1.29 is 0 Å². The van der Waals surface area contributed by atoms with Crippen LogP contribution >= 0.6 is 0 Å². The second-order valence-corrected chi connectivity index (χ2v) is 16.5. The van der Waals surface area contributed by atoms with Crippen LogP contribution < -0.4 is 26.2 Å². The molecule has 61 heavy (non-hydrogen) atoms. The van der Waals surface area contributed by atoms with Gasteiger partial charge in [-0.2, -0.15) is 0 Å². The molecule has 0 saturated carbocycles. The van der Waals surface area contributed by atoms with Crippen molar-refractivity contribution in [1.29, 1.82) is 0 Å². The summed E-state index contributed by atoms with van der Waals surface area (Å²) in [5, 5.41) is 10.1. The van der Waals surface area contributed by atoms with E-state index in [0.29, 0.717) is 0 Å². The third-order valence-electron chi connectivity index (χ3n) is 13.1. The Morgan fingerprint density at radius 3 is 1.21 bits per heavy atom. The van der Waals surface area contributed by atoms with Crippen molar-refractivity contribution in [3.63, 3.8) is 0 Å². The molecule has 3 heteroatoms. The maximum absolute atomic E-state index is 2.54. The quantitative estimate of drug-likeness (QED) is 0.130. The van der Waals surface area contributed by atoms with Crippen LogP contribution in [0.25, 0.3) is 65.3 Å². The molecular weight excluding hydrogens is 735 g/mol. The molecule has 0 saturated heterocycles. The van der Waals surface area contributed by atoms with Crippen molar-refractivity contribution in [2.45, 2.75) is 0 Å². The van der Waals surface area contributed by atoms with E-state index in [1.807, 2.05) is 0 Å². The van der Waals surface area contributed by atoms with E-state index in [0.717, 1.165) is 11.4 Å². The molecule has 0 fully saturated rings. The van der Waals surface area contributed by atoms with E-state index in [1.54, 1.807) is 0 Å². The molecular formula is C58H37BN2. The molecule has 11 aromatic carbocycles. The molecule has 0 amide bonds. The molecule has 0 bridgehead atoms. The average Bonchev–Trinajstić information content (AvgIpc) is 3.33. The summed E-state index contributed by atoms with van der Waals surface area (Å²) >= 11 is 0.